The predicted octanol–water partition coefficient (Wildman–Crippen LogP) is 1.94. The number of hydrogen-bond donors (Lipinski definition) is 2. The van der Waals surface area contributed by atoms with Crippen LogP contribution in [0.15, 0.2) is 27.8 Å². The van der Waals surface area contributed by atoms with Crippen LogP contribution in [-0.2, 0) is 4.79 Å². The molecule has 0 aromatic heterocycles. The molecule has 0 heterocycles. The van der Waals surface area contributed by atoms with Crippen molar-refractivity contribution in [3.05, 3.63) is 22.7 Å². The van der Waals surface area contributed by atoms with Crippen LogP contribution < -0.4 is 10.2 Å². The Bertz CT molecular complexity index is 393. The SMILES string of the molecule is COc1cc(N/N=C/C(=O)O)ccc1Br. The molecule has 15 heavy (non-hydrogen) atoms. The third kappa shape index (κ3) is 3.59. The maximum absolute atomic E-state index is 10.1. The first-order valence-electron chi connectivity index (χ1n) is 3.99. The minimum absolute atomic E-state index is 0.644. The Kier molecular flexibility index (Phi) is 4.11. The smallest absolute Gasteiger partial charge is 0.348 e. The van der Waals surface area contributed by atoms with Gasteiger partial charge < -0.3 is 9.84 Å². The highest BCUT2D eigenvalue weighted by molar-refractivity contribution is 9.10. The number of anilines is 1. The number of benzene rings is 1. The van der Waals surface area contributed by atoms with Crippen LogP contribution >= 0.6 is 15.9 Å². The maximum Gasteiger partial charge on any atom is 0.348 e. The number of aliphatic carboxylic acids is 1. The molecule has 0 amide bonds. The second-order valence-electron chi connectivity index (χ2n) is 2.56. The Morgan fingerprint density at radius 1 is 1.67 bits per heavy atom. The molecule has 80 valence electrons. The summed E-state index contributed by atoms with van der Waals surface area (Å²) < 4.78 is 5.88. The fourth-order valence-corrected chi connectivity index (χ4v) is 1.30. The minimum Gasteiger partial charge on any atom is -0.495 e. The van der Waals surface area contributed by atoms with Crippen molar-refractivity contribution in [3.63, 3.8) is 0 Å². The van der Waals surface area contributed by atoms with Crippen molar-refractivity contribution in [3.8, 4) is 5.75 Å². The Hall–Kier alpha value is -1.56. The van der Waals surface area contributed by atoms with Gasteiger partial charge in [0, 0.05) is 6.07 Å². The maximum atomic E-state index is 10.1. The van der Waals surface area contributed by atoms with E-state index in [0.717, 1.165) is 10.7 Å². The standard InChI is InChI=1S/C9H9BrN2O3/c1-15-8-4-6(2-3-7(8)10)12-11-5-9(13)14/h2-5,12H,1H3,(H,13,14)/b11-5+. The molecule has 6 heteroatoms. The number of nitrogens with zero attached hydrogens (tertiary/aromatic N) is 1. The normalized spacial score (nSPS) is 10.3. The van der Waals surface area contributed by atoms with E-state index in [1.165, 1.54) is 0 Å². The average molecular weight is 273 g/mol. The molecule has 0 atom stereocenters. The molecule has 0 bridgehead atoms. The zero-order valence-electron chi connectivity index (χ0n) is 7.90. The first kappa shape index (κ1) is 11.5. The molecule has 2 N–H and O–H groups in total. The summed E-state index contributed by atoms with van der Waals surface area (Å²) >= 11 is 3.30. The third-order valence-electron chi connectivity index (χ3n) is 1.52. The molecule has 0 unspecified atom stereocenters. The molecule has 0 aliphatic heterocycles. The highest BCUT2D eigenvalue weighted by Crippen LogP contribution is 2.27. The number of hydrazone groups is 1. The van der Waals surface area contributed by atoms with Crippen LogP contribution in [0.5, 0.6) is 5.75 Å². The lowest BCUT2D eigenvalue weighted by Crippen LogP contribution is -1.98. The van der Waals surface area contributed by atoms with E-state index in [9.17, 15) is 4.79 Å². The van der Waals surface area contributed by atoms with Crippen molar-refractivity contribution >= 4 is 33.8 Å². The van der Waals surface area contributed by atoms with E-state index in [1.807, 2.05) is 0 Å². The van der Waals surface area contributed by atoms with Gasteiger partial charge in [0.2, 0.25) is 0 Å². The van der Waals surface area contributed by atoms with Crippen LogP contribution in [0.4, 0.5) is 5.69 Å². The van der Waals surface area contributed by atoms with E-state index in [-0.39, 0.29) is 0 Å². The van der Waals surface area contributed by atoms with E-state index < -0.39 is 5.97 Å². The van der Waals surface area contributed by atoms with Gasteiger partial charge in [0.25, 0.3) is 0 Å². The Morgan fingerprint density at radius 2 is 2.40 bits per heavy atom. The molecule has 5 nitrogen and oxygen atoms in total. The zero-order valence-corrected chi connectivity index (χ0v) is 9.48. The van der Waals surface area contributed by atoms with Crippen LogP contribution in [-0.4, -0.2) is 24.4 Å². The Labute approximate surface area is 94.9 Å². The third-order valence-corrected chi connectivity index (χ3v) is 2.17. The van der Waals surface area contributed by atoms with Gasteiger partial charge in [-0.3, -0.25) is 5.43 Å². The number of carbonyl (C=O) groups is 1. The van der Waals surface area contributed by atoms with Crippen LogP contribution in [0.1, 0.15) is 0 Å². The molecule has 0 radical (unpaired) electrons. The highest BCUT2D eigenvalue weighted by Gasteiger charge is 2.00. The van der Waals surface area contributed by atoms with Gasteiger partial charge in [-0.05, 0) is 28.1 Å². The van der Waals surface area contributed by atoms with Crippen LogP contribution in [0.2, 0.25) is 0 Å². The number of carboxylic acid groups (broad SMARTS) is 1. The summed E-state index contributed by atoms with van der Waals surface area (Å²) in [4.78, 5) is 10.1. The summed E-state index contributed by atoms with van der Waals surface area (Å²) in [7, 11) is 1.55. The largest absolute Gasteiger partial charge is 0.495 e. The fraction of sp³-hybridized carbons (Fsp3) is 0.111. The average Bonchev–Trinajstić information content (AvgIpc) is 2.20. The first-order chi connectivity index (χ1) is 7.13. The molecule has 0 spiro atoms. The predicted molar refractivity (Wildman–Crippen MR) is 60.4 cm³/mol. The molecule has 0 saturated heterocycles. The van der Waals surface area contributed by atoms with Crippen molar-refractivity contribution in [1.29, 1.82) is 0 Å². The van der Waals surface area contributed by atoms with E-state index in [4.69, 9.17) is 9.84 Å². The summed E-state index contributed by atoms with van der Waals surface area (Å²) in [5.41, 5.74) is 3.21. The number of halogens is 1. The van der Waals surface area contributed by atoms with Crippen molar-refractivity contribution in [2.75, 3.05) is 12.5 Å². The fourth-order valence-electron chi connectivity index (χ4n) is 0.891. The lowest BCUT2D eigenvalue weighted by Gasteiger charge is -2.05. The number of hydrogen-bond acceptors (Lipinski definition) is 4. The molecular weight excluding hydrogens is 264 g/mol. The second-order valence-corrected chi connectivity index (χ2v) is 3.41. The van der Waals surface area contributed by atoms with Gasteiger partial charge in [0.15, 0.2) is 0 Å². The minimum atomic E-state index is -1.11. The summed E-state index contributed by atoms with van der Waals surface area (Å²) in [5.74, 6) is -0.461. The van der Waals surface area contributed by atoms with Gasteiger partial charge in [-0.25, -0.2) is 4.79 Å². The summed E-state index contributed by atoms with van der Waals surface area (Å²) in [6.45, 7) is 0. The summed E-state index contributed by atoms with van der Waals surface area (Å²) in [6.07, 6.45) is 0.772. The Morgan fingerprint density at radius 3 is 3.00 bits per heavy atom. The van der Waals surface area contributed by atoms with Crippen molar-refractivity contribution in [2.45, 2.75) is 0 Å². The lowest BCUT2D eigenvalue weighted by atomic mass is 10.3. The lowest BCUT2D eigenvalue weighted by molar-refractivity contribution is -0.128. The Balaban J connectivity index is 2.74. The zero-order chi connectivity index (χ0) is 11.3. The monoisotopic (exact) mass is 272 g/mol. The van der Waals surface area contributed by atoms with Crippen molar-refractivity contribution in [1.82, 2.24) is 0 Å². The van der Waals surface area contributed by atoms with Gasteiger partial charge >= 0.3 is 5.97 Å². The second kappa shape index (κ2) is 5.35. The topological polar surface area (TPSA) is 70.9 Å². The van der Waals surface area contributed by atoms with Crippen LogP contribution in [0.25, 0.3) is 0 Å². The number of ether oxygens (including phenoxy) is 1. The van der Waals surface area contributed by atoms with Gasteiger partial charge in [-0.15, -0.1) is 0 Å². The van der Waals surface area contributed by atoms with E-state index in [2.05, 4.69) is 26.5 Å². The molecule has 1 aromatic carbocycles. The van der Waals surface area contributed by atoms with Gasteiger partial charge in [-0.1, -0.05) is 0 Å². The summed E-state index contributed by atoms with van der Waals surface area (Å²) in [6, 6.07) is 5.21. The molecule has 0 aliphatic rings. The van der Waals surface area contributed by atoms with Crippen molar-refractivity contribution < 1.29 is 14.6 Å². The highest BCUT2D eigenvalue weighted by atomic mass is 79.9. The van der Waals surface area contributed by atoms with Gasteiger partial charge in [0.05, 0.1) is 17.3 Å². The van der Waals surface area contributed by atoms with Crippen LogP contribution in [0, 0.1) is 0 Å². The summed E-state index contributed by atoms with van der Waals surface area (Å²) in [5, 5.41) is 11.8. The molecule has 0 fully saturated rings. The first-order valence-corrected chi connectivity index (χ1v) is 4.78. The van der Waals surface area contributed by atoms with E-state index >= 15 is 0 Å². The number of rotatable bonds is 4. The molecule has 0 aliphatic carbocycles. The number of carboxylic acids is 1. The molecule has 1 rings (SSSR count). The van der Waals surface area contributed by atoms with Crippen molar-refractivity contribution in [2.24, 2.45) is 5.10 Å². The van der Waals surface area contributed by atoms with Gasteiger partial charge in [0.1, 0.15) is 12.0 Å². The molecular formula is C9H9BrN2O3. The van der Waals surface area contributed by atoms with Gasteiger partial charge in [-0.2, -0.15) is 5.10 Å². The van der Waals surface area contributed by atoms with E-state index in [0.29, 0.717) is 11.4 Å². The molecule has 0 saturated carbocycles. The number of nitrogens with one attached hydrogen (secondary N) is 1. The number of methoxy groups -OCH3 is 1. The van der Waals surface area contributed by atoms with E-state index in [1.54, 1.807) is 25.3 Å². The quantitative estimate of drug-likeness (QED) is 0.649. The van der Waals surface area contributed by atoms with Crippen LogP contribution in [0.3, 0.4) is 0 Å². The molecule has 1 aromatic rings.